The predicted molar refractivity (Wildman–Crippen MR) is 144 cm³/mol. The second-order valence-corrected chi connectivity index (χ2v) is 17.4. The van der Waals surface area contributed by atoms with Gasteiger partial charge in [0.2, 0.25) is 0 Å². The van der Waals surface area contributed by atoms with Gasteiger partial charge in [-0.3, -0.25) is 4.99 Å². The van der Waals surface area contributed by atoms with Crippen LogP contribution in [0.3, 0.4) is 0 Å². The van der Waals surface area contributed by atoms with E-state index in [1.807, 2.05) is 32.0 Å². The van der Waals surface area contributed by atoms with Crippen molar-refractivity contribution in [2.45, 2.75) is 122 Å². The molecule has 2 nitrogen and oxygen atoms in total. The van der Waals surface area contributed by atoms with Crippen molar-refractivity contribution in [2.75, 3.05) is 5.32 Å². The van der Waals surface area contributed by atoms with E-state index in [0.29, 0.717) is 22.3 Å². The lowest BCUT2D eigenvalue weighted by molar-refractivity contribution is -0.0581. The second-order valence-electron chi connectivity index (χ2n) is 11.2. The molecule has 1 aliphatic carbocycles. The van der Waals surface area contributed by atoms with Crippen molar-refractivity contribution in [2.24, 2.45) is 4.99 Å². The van der Waals surface area contributed by atoms with Gasteiger partial charge >= 0.3 is 6.18 Å². The van der Waals surface area contributed by atoms with Crippen molar-refractivity contribution in [3.63, 3.8) is 0 Å². The van der Waals surface area contributed by atoms with E-state index in [9.17, 15) is 13.2 Å². The van der Waals surface area contributed by atoms with Crippen LogP contribution in [0.2, 0.25) is 22.2 Å². The molecular formula is C28H45F3N2Si. The topological polar surface area (TPSA) is 24.4 Å². The molecular weight excluding hydrogens is 449 g/mol. The Bertz CT molecular complexity index is 842. The van der Waals surface area contributed by atoms with Crippen LogP contribution < -0.4 is 5.32 Å². The fraction of sp³-hybridized carbons (Fsp3) is 0.679. The number of hydrogen-bond acceptors (Lipinski definition) is 2. The first-order valence-corrected chi connectivity index (χ1v) is 15.2. The number of aryl methyl sites for hydroxylation is 2. The number of hydrogen-bond donors (Lipinski definition) is 1. The summed E-state index contributed by atoms with van der Waals surface area (Å²) in [6.45, 7) is 19.4. The van der Waals surface area contributed by atoms with Crippen LogP contribution in [0.5, 0.6) is 0 Å². The summed E-state index contributed by atoms with van der Waals surface area (Å²) in [6, 6.07) is 5.62. The van der Waals surface area contributed by atoms with E-state index in [1.165, 1.54) is 6.08 Å². The molecule has 192 valence electrons. The number of halogens is 3. The van der Waals surface area contributed by atoms with Gasteiger partial charge in [-0.2, -0.15) is 13.2 Å². The highest BCUT2D eigenvalue weighted by atomic mass is 28.3. The summed E-state index contributed by atoms with van der Waals surface area (Å²) in [5.41, 5.74) is 4.37. The van der Waals surface area contributed by atoms with Crippen LogP contribution in [-0.4, -0.2) is 26.0 Å². The molecule has 0 saturated heterocycles. The predicted octanol–water partition coefficient (Wildman–Crippen LogP) is 9.61. The Kier molecular flexibility index (Phi) is 9.65. The number of alkyl halides is 3. The molecule has 34 heavy (non-hydrogen) atoms. The molecule has 2 atom stereocenters. The molecule has 0 unspecified atom stereocenters. The van der Waals surface area contributed by atoms with Gasteiger partial charge in [-0.05, 0) is 49.9 Å². The molecule has 0 radical (unpaired) electrons. The lowest BCUT2D eigenvalue weighted by atomic mass is 9.95. The highest BCUT2D eigenvalue weighted by Crippen LogP contribution is 2.55. The van der Waals surface area contributed by atoms with Gasteiger partial charge in [-0.25, -0.2) is 0 Å². The summed E-state index contributed by atoms with van der Waals surface area (Å²) in [5, 5.41) is 3.20. The lowest BCUT2D eigenvalue weighted by Gasteiger charge is -2.52. The SMILES string of the molecule is C/C(=C\C(=N[C@H]1CCCC[C@@H]1[Si](C(C)C)(C(C)C)C(C)C)C(F)(F)F)Nc1c(C)cccc1C. The zero-order valence-electron chi connectivity index (χ0n) is 22.6. The van der Waals surface area contributed by atoms with Gasteiger partial charge in [-0.15, -0.1) is 0 Å². The third kappa shape index (κ3) is 6.16. The maximum absolute atomic E-state index is 14.2. The van der Waals surface area contributed by atoms with Crippen LogP contribution in [-0.2, 0) is 0 Å². The molecule has 0 aliphatic heterocycles. The van der Waals surface area contributed by atoms with Crippen molar-refractivity contribution in [1.82, 2.24) is 0 Å². The van der Waals surface area contributed by atoms with Gasteiger partial charge in [0.1, 0.15) is 5.71 Å². The summed E-state index contributed by atoms with van der Waals surface area (Å²) >= 11 is 0. The standard InChI is InChI=1S/C28H45F3N2Si/c1-18(2)34(19(3)4,20(5)6)25-16-11-10-15-24(25)33-26(28(29,30)31)17-23(9)32-27-21(7)13-12-14-22(27)8/h12-14,17-20,24-25,32H,10-11,15-16H2,1-9H3/b23-17+,33-26?/t24-,25-/m0/s1. The van der Waals surface area contributed by atoms with Crippen molar-refractivity contribution in [3.05, 3.63) is 41.1 Å². The number of nitrogens with one attached hydrogen (secondary N) is 1. The summed E-state index contributed by atoms with van der Waals surface area (Å²) < 4.78 is 42.7. The second kappa shape index (κ2) is 11.4. The van der Waals surface area contributed by atoms with Crippen LogP contribution >= 0.6 is 0 Å². The Labute approximate surface area is 206 Å². The minimum Gasteiger partial charge on any atom is -0.359 e. The lowest BCUT2D eigenvalue weighted by Crippen LogP contribution is -2.53. The van der Waals surface area contributed by atoms with E-state index in [4.69, 9.17) is 0 Å². The zero-order valence-corrected chi connectivity index (χ0v) is 23.6. The molecule has 2 rings (SSSR count). The number of anilines is 1. The van der Waals surface area contributed by atoms with Gasteiger partial charge < -0.3 is 5.32 Å². The molecule has 0 amide bonds. The van der Waals surface area contributed by atoms with E-state index in [1.54, 1.807) is 6.92 Å². The van der Waals surface area contributed by atoms with Crippen LogP contribution in [0.15, 0.2) is 35.0 Å². The molecule has 6 heteroatoms. The number of aliphatic imine (C=N–C) groups is 1. The first-order chi connectivity index (χ1) is 15.7. The monoisotopic (exact) mass is 494 g/mol. The first kappa shape index (κ1) is 28.7. The van der Waals surface area contributed by atoms with Crippen molar-refractivity contribution in [1.29, 1.82) is 0 Å². The third-order valence-electron chi connectivity index (χ3n) is 8.12. The van der Waals surface area contributed by atoms with Crippen LogP contribution in [0.25, 0.3) is 0 Å². The van der Waals surface area contributed by atoms with Crippen LogP contribution in [0.4, 0.5) is 18.9 Å². The minimum atomic E-state index is -4.48. The van der Waals surface area contributed by atoms with Gasteiger partial charge in [0.15, 0.2) is 0 Å². The average molecular weight is 495 g/mol. The average Bonchev–Trinajstić information content (AvgIpc) is 2.70. The fourth-order valence-electron chi connectivity index (χ4n) is 6.95. The van der Waals surface area contributed by atoms with Crippen LogP contribution in [0, 0.1) is 13.8 Å². The molecule has 1 saturated carbocycles. The Balaban J connectivity index is 2.52. The van der Waals surface area contributed by atoms with Gasteiger partial charge in [0, 0.05) is 11.4 Å². The molecule has 1 aliphatic rings. The van der Waals surface area contributed by atoms with Crippen molar-refractivity contribution >= 4 is 19.5 Å². The molecule has 1 fully saturated rings. The molecule has 0 heterocycles. The number of rotatable bonds is 8. The number of allylic oxidation sites excluding steroid dienone is 2. The van der Waals surface area contributed by atoms with Gasteiger partial charge in [0.05, 0.1) is 14.1 Å². The Morgan fingerprint density at radius 2 is 1.47 bits per heavy atom. The largest absolute Gasteiger partial charge is 0.432 e. The quantitative estimate of drug-likeness (QED) is 0.282. The Morgan fingerprint density at radius 3 is 1.94 bits per heavy atom. The molecule has 0 aromatic heterocycles. The normalized spacial score (nSPS) is 21.0. The molecule has 1 aromatic carbocycles. The maximum atomic E-state index is 14.2. The highest BCUT2D eigenvalue weighted by Gasteiger charge is 2.52. The van der Waals surface area contributed by atoms with Gasteiger partial charge in [-0.1, -0.05) is 95.6 Å². The van der Waals surface area contributed by atoms with Crippen molar-refractivity contribution < 1.29 is 13.2 Å². The third-order valence-corrected chi connectivity index (χ3v) is 16.1. The number of benzene rings is 1. The minimum absolute atomic E-state index is 0.256. The Hall–Kier alpha value is -1.56. The van der Waals surface area contributed by atoms with E-state index >= 15 is 0 Å². The first-order valence-electron chi connectivity index (χ1n) is 12.9. The summed E-state index contributed by atoms with van der Waals surface area (Å²) in [5.74, 6) is 0. The zero-order chi connectivity index (χ0) is 25.8. The van der Waals surface area contributed by atoms with E-state index in [2.05, 4.69) is 51.9 Å². The molecule has 1 aromatic rings. The van der Waals surface area contributed by atoms with E-state index < -0.39 is 20.0 Å². The highest BCUT2D eigenvalue weighted by molar-refractivity contribution is 6.85. The summed E-state index contributed by atoms with van der Waals surface area (Å²) in [6.07, 6.45) is 0.538. The summed E-state index contributed by atoms with van der Waals surface area (Å²) in [4.78, 5) is 4.54. The van der Waals surface area contributed by atoms with Crippen molar-refractivity contribution in [3.8, 4) is 0 Å². The molecule has 0 bridgehead atoms. The molecule has 0 spiro atoms. The summed E-state index contributed by atoms with van der Waals surface area (Å²) in [7, 11) is -1.94. The van der Waals surface area contributed by atoms with E-state index in [-0.39, 0.29) is 11.6 Å². The number of nitrogens with zero attached hydrogens (tertiary/aromatic N) is 1. The fourth-order valence-corrected chi connectivity index (χ4v) is 15.1. The van der Waals surface area contributed by atoms with E-state index in [0.717, 1.165) is 42.5 Å². The van der Waals surface area contributed by atoms with Crippen LogP contribution in [0.1, 0.15) is 85.3 Å². The van der Waals surface area contributed by atoms with Gasteiger partial charge in [0.25, 0.3) is 0 Å². The Morgan fingerprint density at radius 1 is 0.971 bits per heavy atom. The maximum Gasteiger partial charge on any atom is 0.432 e. The smallest absolute Gasteiger partial charge is 0.359 e. The number of para-hydroxylation sites is 1. The molecule has 1 N–H and O–H groups in total.